The summed E-state index contributed by atoms with van der Waals surface area (Å²) >= 11 is 1.68. The molecule has 0 amide bonds. The molecular formula is C16H15NOS. The third-order valence-electron chi connectivity index (χ3n) is 3.34. The van der Waals surface area contributed by atoms with Crippen LogP contribution in [0, 0.1) is 13.8 Å². The Morgan fingerprint density at radius 3 is 2.74 bits per heavy atom. The third-order valence-corrected chi connectivity index (χ3v) is 4.30. The second kappa shape index (κ2) is 4.67. The molecule has 0 atom stereocenters. The first-order valence-corrected chi connectivity index (χ1v) is 7.11. The molecule has 19 heavy (non-hydrogen) atoms. The Hall–Kier alpha value is -1.87. The van der Waals surface area contributed by atoms with Crippen molar-refractivity contribution in [3.63, 3.8) is 0 Å². The number of benzene rings is 1. The Bertz CT molecular complexity index is 751. The summed E-state index contributed by atoms with van der Waals surface area (Å²) in [5.74, 6) is 0.184. The van der Waals surface area contributed by atoms with E-state index in [1.165, 1.54) is 10.3 Å². The first kappa shape index (κ1) is 12.2. The van der Waals surface area contributed by atoms with Crippen molar-refractivity contribution in [2.45, 2.75) is 20.4 Å². The number of nitrogens with zero attached hydrogens (tertiary/aromatic N) is 1. The summed E-state index contributed by atoms with van der Waals surface area (Å²) in [4.78, 5) is 14.7. The number of hydrogen-bond acceptors (Lipinski definition) is 2. The van der Waals surface area contributed by atoms with Gasteiger partial charge in [0.1, 0.15) is 0 Å². The SMILES string of the molecule is Cc1cc(C(=O)Cn2ccc3ccccc32)c(C)s1. The highest BCUT2D eigenvalue weighted by Gasteiger charge is 2.13. The molecule has 0 aliphatic heterocycles. The number of aromatic nitrogens is 1. The highest BCUT2D eigenvalue weighted by molar-refractivity contribution is 7.12. The maximum Gasteiger partial charge on any atom is 0.183 e. The summed E-state index contributed by atoms with van der Waals surface area (Å²) in [7, 11) is 0. The fourth-order valence-electron chi connectivity index (χ4n) is 2.43. The highest BCUT2D eigenvalue weighted by Crippen LogP contribution is 2.22. The van der Waals surface area contributed by atoms with E-state index >= 15 is 0 Å². The van der Waals surface area contributed by atoms with Gasteiger partial charge in [-0.1, -0.05) is 18.2 Å². The molecule has 2 heterocycles. The molecule has 3 aromatic rings. The van der Waals surface area contributed by atoms with Gasteiger partial charge < -0.3 is 4.57 Å². The van der Waals surface area contributed by atoms with E-state index in [0.717, 1.165) is 16.0 Å². The Labute approximate surface area is 116 Å². The monoisotopic (exact) mass is 269 g/mol. The minimum atomic E-state index is 0.184. The van der Waals surface area contributed by atoms with Crippen LogP contribution in [-0.4, -0.2) is 10.4 Å². The number of ketones is 1. The van der Waals surface area contributed by atoms with Crippen molar-refractivity contribution in [1.29, 1.82) is 0 Å². The highest BCUT2D eigenvalue weighted by atomic mass is 32.1. The predicted molar refractivity (Wildman–Crippen MR) is 80.1 cm³/mol. The smallest absolute Gasteiger partial charge is 0.183 e. The molecule has 0 N–H and O–H groups in total. The van der Waals surface area contributed by atoms with Crippen LogP contribution in [0.25, 0.3) is 10.9 Å². The summed E-state index contributed by atoms with van der Waals surface area (Å²) in [5.41, 5.74) is 1.97. The molecule has 2 nitrogen and oxygen atoms in total. The van der Waals surface area contributed by atoms with Gasteiger partial charge in [-0.15, -0.1) is 11.3 Å². The van der Waals surface area contributed by atoms with E-state index in [-0.39, 0.29) is 5.78 Å². The lowest BCUT2D eigenvalue weighted by Gasteiger charge is -2.04. The summed E-state index contributed by atoms with van der Waals surface area (Å²) in [6.45, 7) is 4.46. The summed E-state index contributed by atoms with van der Waals surface area (Å²) < 4.78 is 2.02. The van der Waals surface area contributed by atoms with Gasteiger partial charge in [0.15, 0.2) is 5.78 Å². The maximum atomic E-state index is 12.4. The van der Waals surface area contributed by atoms with E-state index in [4.69, 9.17) is 0 Å². The van der Waals surface area contributed by atoms with Crippen molar-refractivity contribution in [3.8, 4) is 0 Å². The van der Waals surface area contributed by atoms with Crippen LogP contribution < -0.4 is 0 Å². The molecule has 0 saturated heterocycles. The standard InChI is InChI=1S/C16H15NOS/c1-11-9-14(12(2)19-11)16(18)10-17-8-7-13-5-3-4-6-15(13)17/h3-9H,10H2,1-2H3. The van der Waals surface area contributed by atoms with Crippen molar-refractivity contribution in [2.75, 3.05) is 0 Å². The van der Waals surface area contributed by atoms with Gasteiger partial charge in [0.25, 0.3) is 0 Å². The van der Waals surface area contributed by atoms with E-state index in [9.17, 15) is 4.79 Å². The molecule has 0 spiro atoms. The molecule has 0 saturated carbocycles. The van der Waals surface area contributed by atoms with Gasteiger partial charge in [-0.3, -0.25) is 4.79 Å². The van der Waals surface area contributed by atoms with Crippen molar-refractivity contribution < 1.29 is 4.79 Å². The zero-order valence-electron chi connectivity index (χ0n) is 11.0. The Kier molecular flexibility index (Phi) is 2.99. The average molecular weight is 269 g/mol. The largest absolute Gasteiger partial charge is 0.340 e. The topological polar surface area (TPSA) is 22.0 Å². The number of aryl methyl sites for hydroxylation is 2. The summed E-state index contributed by atoms with van der Waals surface area (Å²) in [6.07, 6.45) is 1.98. The van der Waals surface area contributed by atoms with Crippen molar-refractivity contribution in [1.82, 2.24) is 4.57 Å². The van der Waals surface area contributed by atoms with Gasteiger partial charge in [0.05, 0.1) is 6.54 Å². The Morgan fingerprint density at radius 1 is 1.21 bits per heavy atom. The third kappa shape index (κ3) is 2.22. The van der Waals surface area contributed by atoms with Crippen molar-refractivity contribution in [3.05, 3.63) is 57.9 Å². The number of hydrogen-bond donors (Lipinski definition) is 0. The second-order valence-electron chi connectivity index (χ2n) is 4.75. The molecule has 0 unspecified atom stereocenters. The van der Waals surface area contributed by atoms with E-state index in [0.29, 0.717) is 6.54 Å². The average Bonchev–Trinajstić information content (AvgIpc) is 2.94. The van der Waals surface area contributed by atoms with Gasteiger partial charge in [0.2, 0.25) is 0 Å². The number of rotatable bonds is 3. The van der Waals surface area contributed by atoms with Crippen LogP contribution in [0.15, 0.2) is 42.6 Å². The number of carbonyl (C=O) groups excluding carboxylic acids is 1. The fraction of sp³-hybridized carbons (Fsp3) is 0.188. The van der Waals surface area contributed by atoms with Gasteiger partial charge in [-0.05, 0) is 37.4 Å². The lowest BCUT2D eigenvalue weighted by atomic mass is 10.1. The van der Waals surface area contributed by atoms with E-state index < -0.39 is 0 Å². The van der Waals surface area contributed by atoms with Crippen LogP contribution in [0.1, 0.15) is 20.1 Å². The quantitative estimate of drug-likeness (QED) is 0.653. The molecule has 3 rings (SSSR count). The van der Waals surface area contributed by atoms with E-state index in [2.05, 4.69) is 6.07 Å². The van der Waals surface area contributed by atoms with Gasteiger partial charge >= 0.3 is 0 Å². The first-order chi connectivity index (χ1) is 9.15. The maximum absolute atomic E-state index is 12.4. The van der Waals surface area contributed by atoms with Gasteiger partial charge in [-0.2, -0.15) is 0 Å². The minimum Gasteiger partial charge on any atom is -0.340 e. The zero-order valence-corrected chi connectivity index (χ0v) is 11.8. The Morgan fingerprint density at radius 2 is 2.00 bits per heavy atom. The zero-order chi connectivity index (χ0) is 13.4. The normalized spacial score (nSPS) is 11.1. The number of para-hydroxylation sites is 1. The Balaban J connectivity index is 1.93. The van der Waals surface area contributed by atoms with Crippen molar-refractivity contribution >= 4 is 28.0 Å². The number of thiophene rings is 1. The predicted octanol–water partition coefficient (Wildman–Crippen LogP) is 4.20. The lowest BCUT2D eigenvalue weighted by molar-refractivity contribution is 0.0973. The first-order valence-electron chi connectivity index (χ1n) is 6.29. The van der Waals surface area contributed by atoms with E-state index in [1.807, 2.05) is 54.9 Å². The number of Topliss-reactive ketones (excluding diaryl/α,β-unsaturated/α-hetero) is 1. The molecule has 0 radical (unpaired) electrons. The van der Waals surface area contributed by atoms with Crippen LogP contribution in [0.2, 0.25) is 0 Å². The molecule has 0 fully saturated rings. The van der Waals surface area contributed by atoms with Gasteiger partial charge in [0, 0.05) is 27.0 Å². The minimum absolute atomic E-state index is 0.184. The molecule has 96 valence electrons. The number of fused-ring (bicyclic) bond motifs is 1. The van der Waals surface area contributed by atoms with E-state index in [1.54, 1.807) is 11.3 Å². The van der Waals surface area contributed by atoms with Crippen LogP contribution in [0.4, 0.5) is 0 Å². The lowest BCUT2D eigenvalue weighted by Crippen LogP contribution is -2.09. The van der Waals surface area contributed by atoms with Crippen LogP contribution >= 0.6 is 11.3 Å². The summed E-state index contributed by atoms with van der Waals surface area (Å²) in [6, 6.07) is 12.2. The molecule has 0 bridgehead atoms. The van der Waals surface area contributed by atoms with Crippen molar-refractivity contribution in [2.24, 2.45) is 0 Å². The molecule has 3 heteroatoms. The molecular weight excluding hydrogens is 254 g/mol. The second-order valence-corrected chi connectivity index (χ2v) is 6.21. The van der Waals surface area contributed by atoms with Crippen LogP contribution in [0.3, 0.4) is 0 Å². The molecule has 0 aliphatic carbocycles. The molecule has 1 aromatic carbocycles. The van der Waals surface area contributed by atoms with Crippen LogP contribution in [-0.2, 0) is 6.54 Å². The fourth-order valence-corrected chi connectivity index (χ4v) is 3.37. The van der Waals surface area contributed by atoms with Gasteiger partial charge in [-0.25, -0.2) is 0 Å². The summed E-state index contributed by atoms with van der Waals surface area (Å²) in [5, 5.41) is 1.17. The molecule has 2 aromatic heterocycles. The van der Waals surface area contributed by atoms with Crippen LogP contribution in [0.5, 0.6) is 0 Å². The number of carbonyl (C=O) groups is 1. The molecule has 0 aliphatic rings.